The molecule has 0 fully saturated rings. The molecular formula is C57H39N3. The maximum atomic E-state index is 5.40. The molecule has 0 saturated heterocycles. The molecule has 0 aliphatic heterocycles. The summed E-state index contributed by atoms with van der Waals surface area (Å²) in [6.45, 7) is 4.69. The number of hydrogen-bond donors (Lipinski definition) is 0. The number of aromatic nitrogens is 3. The number of hydrogen-bond acceptors (Lipinski definition) is 2. The zero-order chi connectivity index (χ0) is 40.0. The number of nitrogens with zero attached hydrogens (tertiary/aromatic N) is 3. The second-order valence-electron chi connectivity index (χ2n) is 16.6. The number of rotatable bonds is 5. The molecule has 0 unspecified atom stereocenters. The van der Waals surface area contributed by atoms with E-state index < -0.39 is 0 Å². The molecule has 282 valence electrons. The van der Waals surface area contributed by atoms with E-state index in [0.717, 1.165) is 38.8 Å². The van der Waals surface area contributed by atoms with Crippen LogP contribution in [0.1, 0.15) is 25.0 Å². The van der Waals surface area contributed by atoms with Gasteiger partial charge in [-0.15, -0.1) is 0 Å². The van der Waals surface area contributed by atoms with Gasteiger partial charge in [-0.3, -0.25) is 4.57 Å². The van der Waals surface area contributed by atoms with Crippen molar-refractivity contribution < 1.29 is 0 Å². The SMILES string of the molecule is CC1(C)c2ccccc2-c2ccc(-c3ccc(-c4cccc5cccc(-c6cccc(-c7nc(-n8c9ccccc9c9ccccc98)nc8ccccc78)c6)c45)cc3)cc21. The maximum Gasteiger partial charge on any atom is 0.235 e. The first-order valence-electron chi connectivity index (χ1n) is 20.7. The normalized spacial score (nSPS) is 13.0. The van der Waals surface area contributed by atoms with Gasteiger partial charge >= 0.3 is 0 Å². The van der Waals surface area contributed by atoms with Crippen molar-refractivity contribution in [2.24, 2.45) is 0 Å². The summed E-state index contributed by atoms with van der Waals surface area (Å²) in [6.07, 6.45) is 0. The Balaban J connectivity index is 0.960. The average molecular weight is 766 g/mol. The van der Waals surface area contributed by atoms with E-state index in [1.165, 1.54) is 71.6 Å². The summed E-state index contributed by atoms with van der Waals surface area (Å²) >= 11 is 0. The molecule has 3 nitrogen and oxygen atoms in total. The van der Waals surface area contributed by atoms with Crippen LogP contribution in [-0.4, -0.2) is 14.5 Å². The first kappa shape index (κ1) is 34.4. The van der Waals surface area contributed by atoms with Crippen molar-refractivity contribution in [1.29, 1.82) is 0 Å². The third-order valence-electron chi connectivity index (χ3n) is 12.8. The van der Waals surface area contributed by atoms with E-state index in [9.17, 15) is 0 Å². The molecule has 2 heterocycles. The lowest BCUT2D eigenvalue weighted by Crippen LogP contribution is -2.14. The molecule has 0 spiro atoms. The zero-order valence-corrected chi connectivity index (χ0v) is 33.4. The zero-order valence-electron chi connectivity index (χ0n) is 33.4. The fourth-order valence-corrected chi connectivity index (χ4v) is 9.90. The molecule has 0 bridgehead atoms. The van der Waals surface area contributed by atoms with Crippen molar-refractivity contribution in [3.63, 3.8) is 0 Å². The van der Waals surface area contributed by atoms with Gasteiger partial charge in [-0.25, -0.2) is 9.97 Å². The standard InChI is InChI=1S/C57H39N3/c1-57(2)49-24-7-3-18-44(49)45-33-32-39(35-50(45)57)36-28-30-37(31-29-36)42-22-12-14-38-15-13-23-43(54(38)42)40-16-11-17-41(34-40)55-48-21-4-8-25-51(48)58-56(59-55)60-52-26-9-5-19-46(52)47-20-6-10-27-53(47)60/h3-35H,1-2H3. The van der Waals surface area contributed by atoms with Crippen molar-refractivity contribution >= 4 is 43.5 Å². The molecule has 0 radical (unpaired) electrons. The molecule has 12 rings (SSSR count). The number of para-hydroxylation sites is 3. The molecule has 1 aliphatic rings. The maximum absolute atomic E-state index is 5.40. The predicted octanol–water partition coefficient (Wildman–Crippen LogP) is 14.9. The van der Waals surface area contributed by atoms with Gasteiger partial charge in [0.15, 0.2) is 0 Å². The van der Waals surface area contributed by atoms with E-state index in [-0.39, 0.29) is 5.41 Å². The summed E-state index contributed by atoms with van der Waals surface area (Å²) < 4.78 is 2.21. The largest absolute Gasteiger partial charge is 0.278 e. The van der Waals surface area contributed by atoms with Gasteiger partial charge in [-0.05, 0) is 96.7 Å². The predicted molar refractivity (Wildman–Crippen MR) is 251 cm³/mol. The Kier molecular flexibility index (Phi) is 7.58. The molecule has 60 heavy (non-hydrogen) atoms. The van der Waals surface area contributed by atoms with Gasteiger partial charge < -0.3 is 0 Å². The second-order valence-corrected chi connectivity index (χ2v) is 16.6. The fourth-order valence-electron chi connectivity index (χ4n) is 9.90. The van der Waals surface area contributed by atoms with Crippen LogP contribution >= 0.6 is 0 Å². The highest BCUT2D eigenvalue weighted by Crippen LogP contribution is 2.49. The van der Waals surface area contributed by atoms with Crippen LogP contribution in [0.2, 0.25) is 0 Å². The summed E-state index contributed by atoms with van der Waals surface area (Å²) in [6, 6.07) is 72.5. The molecule has 0 saturated carbocycles. The highest BCUT2D eigenvalue weighted by atomic mass is 15.2. The molecule has 0 amide bonds. The summed E-state index contributed by atoms with van der Waals surface area (Å²) in [5.41, 5.74) is 17.7. The second kappa shape index (κ2) is 13.2. The lowest BCUT2D eigenvalue weighted by atomic mass is 9.81. The van der Waals surface area contributed by atoms with E-state index >= 15 is 0 Å². The van der Waals surface area contributed by atoms with Gasteiger partial charge in [-0.1, -0.05) is 184 Å². The minimum atomic E-state index is -0.0340. The van der Waals surface area contributed by atoms with Gasteiger partial charge in [0, 0.05) is 27.1 Å². The van der Waals surface area contributed by atoms with Crippen LogP contribution in [0.5, 0.6) is 0 Å². The van der Waals surface area contributed by atoms with Crippen LogP contribution in [0, 0.1) is 0 Å². The van der Waals surface area contributed by atoms with Crippen LogP contribution < -0.4 is 0 Å². The van der Waals surface area contributed by atoms with E-state index in [4.69, 9.17) is 9.97 Å². The summed E-state index contributed by atoms with van der Waals surface area (Å²) in [7, 11) is 0. The van der Waals surface area contributed by atoms with E-state index in [1.54, 1.807) is 0 Å². The molecule has 0 atom stereocenters. The minimum absolute atomic E-state index is 0.0340. The van der Waals surface area contributed by atoms with Crippen molar-refractivity contribution in [2.75, 3.05) is 0 Å². The van der Waals surface area contributed by atoms with Gasteiger partial charge in [-0.2, -0.15) is 0 Å². The quantitative estimate of drug-likeness (QED) is 0.175. The van der Waals surface area contributed by atoms with Crippen molar-refractivity contribution in [2.45, 2.75) is 19.3 Å². The molecule has 0 N–H and O–H groups in total. The van der Waals surface area contributed by atoms with Gasteiger partial charge in [0.1, 0.15) is 0 Å². The van der Waals surface area contributed by atoms with Gasteiger partial charge in [0.2, 0.25) is 5.95 Å². The Morgan fingerprint density at radius 1 is 0.383 bits per heavy atom. The Hall–Kier alpha value is -7.62. The third kappa shape index (κ3) is 5.22. The highest BCUT2D eigenvalue weighted by Gasteiger charge is 2.35. The van der Waals surface area contributed by atoms with E-state index in [1.807, 2.05) is 0 Å². The summed E-state index contributed by atoms with van der Waals surface area (Å²) in [5, 5.41) is 5.85. The van der Waals surface area contributed by atoms with Gasteiger partial charge in [0.25, 0.3) is 0 Å². The topological polar surface area (TPSA) is 30.7 Å². The van der Waals surface area contributed by atoms with Crippen molar-refractivity contribution in [1.82, 2.24) is 14.5 Å². The smallest absolute Gasteiger partial charge is 0.235 e. The van der Waals surface area contributed by atoms with Crippen LogP contribution in [0.25, 0.3) is 105 Å². The van der Waals surface area contributed by atoms with Crippen LogP contribution in [-0.2, 0) is 5.41 Å². The Labute approximate surface area is 348 Å². The molecular weight excluding hydrogens is 727 g/mol. The number of fused-ring (bicyclic) bond motifs is 8. The first-order valence-corrected chi connectivity index (χ1v) is 20.7. The molecule has 11 aromatic rings. The molecule has 3 heteroatoms. The molecule has 2 aromatic heterocycles. The van der Waals surface area contributed by atoms with Crippen molar-refractivity contribution in [3.05, 3.63) is 211 Å². The monoisotopic (exact) mass is 765 g/mol. The average Bonchev–Trinajstić information content (AvgIpc) is 3.76. The third-order valence-corrected chi connectivity index (χ3v) is 12.8. The molecule has 1 aliphatic carbocycles. The fraction of sp³-hybridized carbons (Fsp3) is 0.0526. The van der Waals surface area contributed by atoms with Crippen LogP contribution in [0.3, 0.4) is 0 Å². The van der Waals surface area contributed by atoms with E-state index in [0.29, 0.717) is 5.95 Å². The van der Waals surface area contributed by atoms with Crippen LogP contribution in [0.15, 0.2) is 200 Å². The summed E-state index contributed by atoms with van der Waals surface area (Å²) in [4.78, 5) is 10.6. The van der Waals surface area contributed by atoms with Crippen LogP contribution in [0.4, 0.5) is 0 Å². The number of benzene rings is 9. The van der Waals surface area contributed by atoms with Crippen molar-refractivity contribution in [3.8, 4) is 61.7 Å². The molecule has 9 aromatic carbocycles. The first-order chi connectivity index (χ1) is 29.5. The van der Waals surface area contributed by atoms with E-state index in [2.05, 4.69) is 219 Å². The minimum Gasteiger partial charge on any atom is -0.278 e. The Morgan fingerprint density at radius 3 is 1.72 bits per heavy atom. The van der Waals surface area contributed by atoms with Gasteiger partial charge in [0.05, 0.1) is 22.2 Å². The lowest BCUT2D eigenvalue weighted by molar-refractivity contribution is 0.660. The summed E-state index contributed by atoms with van der Waals surface area (Å²) in [5.74, 6) is 0.663. The Bertz CT molecular complexity index is 3460. The highest BCUT2D eigenvalue weighted by molar-refractivity contribution is 6.10. The Morgan fingerprint density at radius 2 is 0.950 bits per heavy atom. The lowest BCUT2D eigenvalue weighted by Gasteiger charge is -2.22.